The smallest absolute Gasteiger partial charge is 0.226 e. The molecule has 1 amide bonds. The van der Waals surface area contributed by atoms with E-state index in [9.17, 15) is 4.79 Å². The van der Waals surface area contributed by atoms with E-state index in [1.54, 1.807) is 0 Å². The monoisotopic (exact) mass is 305 g/mol. The van der Waals surface area contributed by atoms with Crippen molar-refractivity contribution in [2.24, 2.45) is 0 Å². The maximum atomic E-state index is 12.1. The Balaban J connectivity index is 1.68. The Morgan fingerprint density at radius 3 is 3.10 bits per heavy atom. The molecule has 0 spiro atoms. The number of nitrogens with one attached hydrogen (secondary N) is 1. The third-order valence-electron chi connectivity index (χ3n) is 3.20. The lowest BCUT2D eigenvalue weighted by Crippen LogP contribution is -2.31. The number of carbonyl (C=O) groups excluding carboxylic acids is 1. The van der Waals surface area contributed by atoms with Crippen LogP contribution in [0.2, 0.25) is 0 Å². The molecule has 104 valence electrons. The molecule has 1 aliphatic heterocycles. The zero-order chi connectivity index (χ0) is 13.9. The van der Waals surface area contributed by atoms with Crippen LogP contribution in [0.5, 0.6) is 0 Å². The normalized spacial score (nSPS) is 17.5. The van der Waals surface area contributed by atoms with Crippen molar-refractivity contribution in [3.8, 4) is 0 Å². The van der Waals surface area contributed by atoms with Gasteiger partial charge in [-0.1, -0.05) is 18.2 Å². The molecule has 20 heavy (non-hydrogen) atoms. The Hall–Kier alpha value is -1.53. The van der Waals surface area contributed by atoms with E-state index in [1.807, 2.05) is 29.3 Å². The summed E-state index contributed by atoms with van der Waals surface area (Å²) < 4.78 is 0. The quantitative estimate of drug-likeness (QED) is 0.914. The molecule has 3 N–H and O–H groups in total. The average molecular weight is 305 g/mol. The number of nitrogens with zero attached hydrogens (tertiary/aromatic N) is 1. The molecule has 0 saturated heterocycles. The van der Waals surface area contributed by atoms with Crippen molar-refractivity contribution < 1.29 is 4.79 Å². The van der Waals surface area contributed by atoms with Crippen LogP contribution in [0, 0.1) is 0 Å². The van der Waals surface area contributed by atoms with Crippen LogP contribution < -0.4 is 11.1 Å². The lowest BCUT2D eigenvalue weighted by atomic mass is 10.0. The molecule has 1 aromatic carbocycles. The van der Waals surface area contributed by atoms with E-state index in [0.29, 0.717) is 11.6 Å². The molecule has 1 aliphatic rings. The highest BCUT2D eigenvalue weighted by Crippen LogP contribution is 2.35. The Labute approximate surface area is 125 Å². The topological polar surface area (TPSA) is 68.0 Å². The van der Waals surface area contributed by atoms with Gasteiger partial charge in [-0.2, -0.15) is 0 Å². The molecule has 0 saturated carbocycles. The number of hydrogen-bond acceptors (Lipinski definition) is 5. The summed E-state index contributed by atoms with van der Waals surface area (Å²) in [5.41, 5.74) is 7.53. The first kappa shape index (κ1) is 13.5. The summed E-state index contributed by atoms with van der Waals surface area (Å²) >= 11 is 3.21. The lowest BCUT2D eigenvalue weighted by molar-refractivity contribution is -0.121. The van der Waals surface area contributed by atoms with Gasteiger partial charge < -0.3 is 11.1 Å². The number of rotatable bonds is 3. The summed E-state index contributed by atoms with van der Waals surface area (Å²) in [6.07, 6.45) is 1.26. The van der Waals surface area contributed by atoms with Gasteiger partial charge in [0.2, 0.25) is 5.91 Å². The third kappa shape index (κ3) is 2.96. The zero-order valence-corrected chi connectivity index (χ0v) is 12.5. The van der Waals surface area contributed by atoms with Gasteiger partial charge in [0, 0.05) is 16.0 Å². The van der Waals surface area contributed by atoms with Crippen molar-refractivity contribution in [2.45, 2.75) is 23.8 Å². The van der Waals surface area contributed by atoms with Crippen LogP contribution in [0.25, 0.3) is 0 Å². The fraction of sp³-hybridized carbons (Fsp3) is 0.286. The molecule has 0 fully saturated rings. The van der Waals surface area contributed by atoms with Crippen LogP contribution in [0.4, 0.5) is 5.13 Å². The summed E-state index contributed by atoms with van der Waals surface area (Å²) in [5.74, 6) is 1.04. The number of amides is 1. The van der Waals surface area contributed by atoms with Crippen molar-refractivity contribution in [3.05, 3.63) is 40.9 Å². The van der Waals surface area contributed by atoms with Crippen LogP contribution in [0.15, 0.2) is 34.5 Å². The first-order valence-electron chi connectivity index (χ1n) is 6.43. The van der Waals surface area contributed by atoms with Gasteiger partial charge >= 0.3 is 0 Å². The second kappa shape index (κ2) is 5.85. The number of nitrogens with two attached hydrogens (primary N) is 1. The number of thioether (sulfide) groups is 1. The van der Waals surface area contributed by atoms with E-state index in [2.05, 4.69) is 22.4 Å². The highest BCUT2D eigenvalue weighted by molar-refractivity contribution is 7.99. The molecule has 1 atom stereocenters. The number of hydrogen-bond donors (Lipinski definition) is 2. The van der Waals surface area contributed by atoms with Crippen molar-refractivity contribution >= 4 is 34.1 Å². The number of benzene rings is 1. The second-order valence-corrected chi connectivity index (χ2v) is 6.68. The standard InChI is InChI=1S/C14H15N3OS2/c15-14-16-9(8-20-14)7-13(18)17-11-5-6-19-12-4-2-1-3-10(11)12/h1-4,8,11H,5-7H2,(H2,15,16)(H,17,18). The molecule has 2 heterocycles. The van der Waals surface area contributed by atoms with E-state index >= 15 is 0 Å². The molecule has 0 aliphatic carbocycles. The molecule has 4 nitrogen and oxygen atoms in total. The molecule has 0 radical (unpaired) electrons. The van der Waals surface area contributed by atoms with E-state index < -0.39 is 0 Å². The summed E-state index contributed by atoms with van der Waals surface area (Å²) in [5, 5.41) is 5.44. The number of fused-ring (bicyclic) bond motifs is 1. The van der Waals surface area contributed by atoms with Crippen molar-refractivity contribution in [1.29, 1.82) is 0 Å². The minimum atomic E-state index is 0.00185. The second-order valence-electron chi connectivity index (χ2n) is 4.65. The van der Waals surface area contributed by atoms with E-state index in [1.165, 1.54) is 21.8 Å². The van der Waals surface area contributed by atoms with Crippen LogP contribution >= 0.6 is 23.1 Å². The predicted octanol–water partition coefficient (Wildman–Crippen LogP) is 2.62. The average Bonchev–Trinajstić information content (AvgIpc) is 2.84. The predicted molar refractivity (Wildman–Crippen MR) is 82.9 cm³/mol. The molecule has 1 aromatic heterocycles. The highest BCUT2D eigenvalue weighted by Gasteiger charge is 2.22. The van der Waals surface area contributed by atoms with Crippen LogP contribution in [0.3, 0.4) is 0 Å². The third-order valence-corrected chi connectivity index (χ3v) is 5.05. The van der Waals surface area contributed by atoms with Crippen LogP contribution in [-0.4, -0.2) is 16.6 Å². The minimum Gasteiger partial charge on any atom is -0.375 e. The summed E-state index contributed by atoms with van der Waals surface area (Å²) in [4.78, 5) is 17.5. The van der Waals surface area contributed by atoms with Gasteiger partial charge in [-0.05, 0) is 18.1 Å². The molecule has 2 aromatic rings. The zero-order valence-electron chi connectivity index (χ0n) is 10.8. The maximum Gasteiger partial charge on any atom is 0.226 e. The van der Waals surface area contributed by atoms with Gasteiger partial charge in [0.25, 0.3) is 0 Å². The minimum absolute atomic E-state index is 0.00185. The van der Waals surface area contributed by atoms with Crippen molar-refractivity contribution in [2.75, 3.05) is 11.5 Å². The van der Waals surface area contributed by atoms with Crippen LogP contribution in [-0.2, 0) is 11.2 Å². The van der Waals surface area contributed by atoms with Gasteiger partial charge in [0.1, 0.15) is 0 Å². The molecular weight excluding hydrogens is 290 g/mol. The Bertz CT molecular complexity index is 626. The van der Waals surface area contributed by atoms with Gasteiger partial charge in [-0.25, -0.2) is 4.98 Å². The van der Waals surface area contributed by atoms with Gasteiger partial charge in [0.05, 0.1) is 18.2 Å². The number of anilines is 1. The molecule has 1 unspecified atom stereocenters. The fourth-order valence-corrected chi connectivity index (χ4v) is 3.99. The van der Waals surface area contributed by atoms with Crippen LogP contribution in [0.1, 0.15) is 23.7 Å². The maximum absolute atomic E-state index is 12.1. The van der Waals surface area contributed by atoms with E-state index in [-0.39, 0.29) is 11.9 Å². The Kier molecular flexibility index (Phi) is 3.93. The highest BCUT2D eigenvalue weighted by atomic mass is 32.2. The van der Waals surface area contributed by atoms with Crippen molar-refractivity contribution in [3.63, 3.8) is 0 Å². The van der Waals surface area contributed by atoms with Gasteiger partial charge in [-0.3, -0.25) is 4.79 Å². The first-order chi connectivity index (χ1) is 9.72. The largest absolute Gasteiger partial charge is 0.375 e. The molecule has 6 heteroatoms. The Morgan fingerprint density at radius 2 is 2.30 bits per heavy atom. The summed E-state index contributed by atoms with van der Waals surface area (Å²) in [6, 6.07) is 8.36. The molecule has 3 rings (SSSR count). The first-order valence-corrected chi connectivity index (χ1v) is 8.30. The van der Waals surface area contributed by atoms with Crippen molar-refractivity contribution in [1.82, 2.24) is 10.3 Å². The lowest BCUT2D eigenvalue weighted by Gasteiger charge is -2.25. The summed E-state index contributed by atoms with van der Waals surface area (Å²) in [6.45, 7) is 0. The summed E-state index contributed by atoms with van der Waals surface area (Å²) in [7, 11) is 0. The van der Waals surface area contributed by atoms with Gasteiger partial charge in [0.15, 0.2) is 5.13 Å². The SMILES string of the molecule is Nc1nc(CC(=O)NC2CCSc3ccccc32)cs1. The Morgan fingerprint density at radius 1 is 1.45 bits per heavy atom. The molecular formula is C14H15N3OS2. The number of nitrogen functional groups attached to an aromatic ring is 1. The number of aromatic nitrogens is 1. The number of thiazole rings is 1. The van der Waals surface area contributed by atoms with Gasteiger partial charge in [-0.15, -0.1) is 23.1 Å². The number of carbonyl (C=O) groups is 1. The molecule has 0 bridgehead atoms. The fourth-order valence-electron chi connectivity index (χ4n) is 2.31. The van der Waals surface area contributed by atoms with E-state index in [0.717, 1.165) is 17.9 Å². The van der Waals surface area contributed by atoms with E-state index in [4.69, 9.17) is 5.73 Å².